The highest BCUT2D eigenvalue weighted by atomic mass is 32.2. The maximum absolute atomic E-state index is 9.76. The predicted molar refractivity (Wildman–Crippen MR) is 62.4 cm³/mol. The van der Waals surface area contributed by atoms with Crippen LogP contribution in [0.15, 0.2) is 30.3 Å². The van der Waals surface area contributed by atoms with Crippen molar-refractivity contribution < 1.29 is 5.11 Å². The van der Waals surface area contributed by atoms with Crippen molar-refractivity contribution in [2.24, 2.45) is 5.73 Å². The molecular formula is C11H17NOS. The van der Waals surface area contributed by atoms with Crippen LogP contribution in [0.1, 0.15) is 18.0 Å². The second-order valence-corrected chi connectivity index (χ2v) is 4.27. The van der Waals surface area contributed by atoms with Gasteiger partial charge in [0, 0.05) is 0 Å². The molecule has 0 spiro atoms. The van der Waals surface area contributed by atoms with Gasteiger partial charge in [-0.05, 0) is 24.0 Å². The lowest BCUT2D eigenvalue weighted by molar-refractivity contribution is 0.142. The van der Waals surface area contributed by atoms with Gasteiger partial charge < -0.3 is 10.8 Å². The number of hydrogen-bond acceptors (Lipinski definition) is 3. The number of aliphatic hydroxyl groups is 1. The van der Waals surface area contributed by atoms with Crippen LogP contribution in [0.2, 0.25) is 0 Å². The van der Waals surface area contributed by atoms with E-state index in [1.807, 2.05) is 36.6 Å². The largest absolute Gasteiger partial charge is 0.391 e. The summed E-state index contributed by atoms with van der Waals surface area (Å²) in [6.07, 6.45) is 2.34. The molecule has 78 valence electrons. The minimum Gasteiger partial charge on any atom is -0.391 e. The Labute approximate surface area is 89.5 Å². The Bertz CT molecular complexity index is 253. The Kier molecular flexibility index (Phi) is 5.01. The van der Waals surface area contributed by atoms with Gasteiger partial charge in [0.15, 0.2) is 0 Å². The van der Waals surface area contributed by atoms with Gasteiger partial charge in [0.2, 0.25) is 0 Å². The van der Waals surface area contributed by atoms with Crippen LogP contribution in [-0.2, 0) is 0 Å². The highest BCUT2D eigenvalue weighted by Crippen LogP contribution is 2.16. The summed E-state index contributed by atoms with van der Waals surface area (Å²) in [4.78, 5) is 0. The first-order valence-corrected chi connectivity index (χ1v) is 6.12. The molecule has 2 atom stereocenters. The molecular weight excluding hydrogens is 194 g/mol. The zero-order valence-electron chi connectivity index (χ0n) is 8.39. The maximum atomic E-state index is 9.76. The van der Waals surface area contributed by atoms with Crippen molar-refractivity contribution in [1.82, 2.24) is 0 Å². The number of aliphatic hydroxyl groups excluding tert-OH is 1. The third-order valence-electron chi connectivity index (χ3n) is 2.22. The maximum Gasteiger partial charge on any atom is 0.0740 e. The number of hydrogen-bond donors (Lipinski definition) is 2. The highest BCUT2D eigenvalue weighted by Gasteiger charge is 2.15. The second kappa shape index (κ2) is 6.06. The minimum atomic E-state index is -0.440. The average Bonchev–Trinajstić information content (AvgIpc) is 2.26. The minimum absolute atomic E-state index is 0.261. The molecule has 0 saturated carbocycles. The van der Waals surface area contributed by atoms with E-state index in [0.717, 1.165) is 17.7 Å². The molecule has 0 heterocycles. The fourth-order valence-electron chi connectivity index (χ4n) is 1.32. The molecule has 0 saturated heterocycles. The molecule has 1 aromatic rings. The van der Waals surface area contributed by atoms with Crippen LogP contribution >= 0.6 is 11.8 Å². The molecule has 3 heteroatoms. The quantitative estimate of drug-likeness (QED) is 0.780. The molecule has 0 aliphatic heterocycles. The number of benzene rings is 1. The summed E-state index contributed by atoms with van der Waals surface area (Å²) in [5, 5.41) is 9.76. The summed E-state index contributed by atoms with van der Waals surface area (Å²) in [6.45, 7) is 0. The standard InChI is InChI=1S/C11H17NOS/c1-14-8-7-10(13)11(12)9-5-3-2-4-6-9/h2-6,10-11,13H,7-8,12H2,1H3. The van der Waals surface area contributed by atoms with Gasteiger partial charge in [-0.1, -0.05) is 30.3 Å². The Morgan fingerprint density at radius 3 is 2.57 bits per heavy atom. The molecule has 0 aliphatic rings. The van der Waals surface area contributed by atoms with E-state index in [9.17, 15) is 5.11 Å². The van der Waals surface area contributed by atoms with E-state index >= 15 is 0 Å². The lowest BCUT2D eigenvalue weighted by Gasteiger charge is -2.18. The zero-order valence-corrected chi connectivity index (χ0v) is 9.20. The Morgan fingerprint density at radius 1 is 1.36 bits per heavy atom. The van der Waals surface area contributed by atoms with Crippen molar-refractivity contribution in [2.75, 3.05) is 12.0 Å². The van der Waals surface area contributed by atoms with Gasteiger partial charge in [-0.25, -0.2) is 0 Å². The molecule has 1 rings (SSSR count). The van der Waals surface area contributed by atoms with E-state index in [1.54, 1.807) is 11.8 Å². The predicted octanol–water partition coefficient (Wildman–Crippen LogP) is 1.80. The molecule has 0 radical (unpaired) electrons. The Morgan fingerprint density at radius 2 is 2.00 bits per heavy atom. The van der Waals surface area contributed by atoms with Crippen molar-refractivity contribution in [2.45, 2.75) is 18.6 Å². The van der Waals surface area contributed by atoms with Crippen molar-refractivity contribution in [3.63, 3.8) is 0 Å². The van der Waals surface area contributed by atoms with Gasteiger partial charge in [-0.3, -0.25) is 0 Å². The molecule has 0 aromatic heterocycles. The van der Waals surface area contributed by atoms with Crippen LogP contribution < -0.4 is 5.73 Å². The van der Waals surface area contributed by atoms with E-state index in [2.05, 4.69) is 0 Å². The molecule has 0 fully saturated rings. The number of thioether (sulfide) groups is 1. The molecule has 3 N–H and O–H groups in total. The smallest absolute Gasteiger partial charge is 0.0740 e. The van der Waals surface area contributed by atoms with Crippen molar-refractivity contribution in [1.29, 1.82) is 0 Å². The summed E-state index contributed by atoms with van der Waals surface area (Å²) in [7, 11) is 0. The molecule has 0 bridgehead atoms. The van der Waals surface area contributed by atoms with E-state index in [1.165, 1.54) is 0 Å². The van der Waals surface area contributed by atoms with Crippen LogP contribution in [0, 0.1) is 0 Å². The fourth-order valence-corrected chi connectivity index (χ4v) is 1.79. The summed E-state index contributed by atoms with van der Waals surface area (Å²) >= 11 is 1.73. The molecule has 0 aliphatic carbocycles. The second-order valence-electron chi connectivity index (χ2n) is 3.29. The van der Waals surface area contributed by atoms with E-state index in [4.69, 9.17) is 5.73 Å². The summed E-state index contributed by atoms with van der Waals surface area (Å²) < 4.78 is 0. The first-order valence-electron chi connectivity index (χ1n) is 4.73. The average molecular weight is 211 g/mol. The summed E-state index contributed by atoms with van der Waals surface area (Å²) in [5.74, 6) is 0.946. The SMILES string of the molecule is CSCCC(O)C(N)c1ccccc1. The molecule has 2 nitrogen and oxygen atoms in total. The molecule has 0 amide bonds. The number of rotatable bonds is 5. The van der Waals surface area contributed by atoms with Crippen LogP contribution in [-0.4, -0.2) is 23.2 Å². The Balaban J connectivity index is 2.52. The third kappa shape index (κ3) is 3.33. The van der Waals surface area contributed by atoms with Gasteiger partial charge in [-0.2, -0.15) is 11.8 Å². The summed E-state index contributed by atoms with van der Waals surface area (Å²) in [5.41, 5.74) is 6.92. The molecule has 1 aromatic carbocycles. The van der Waals surface area contributed by atoms with Crippen LogP contribution in [0.25, 0.3) is 0 Å². The first kappa shape index (κ1) is 11.6. The van der Waals surface area contributed by atoms with Crippen molar-refractivity contribution in [3.8, 4) is 0 Å². The summed E-state index contributed by atoms with van der Waals surface area (Å²) in [6, 6.07) is 9.47. The highest BCUT2D eigenvalue weighted by molar-refractivity contribution is 7.98. The van der Waals surface area contributed by atoms with Gasteiger partial charge in [0.05, 0.1) is 12.1 Å². The third-order valence-corrected chi connectivity index (χ3v) is 2.86. The molecule has 14 heavy (non-hydrogen) atoms. The van der Waals surface area contributed by atoms with Crippen LogP contribution in [0.5, 0.6) is 0 Å². The van der Waals surface area contributed by atoms with Crippen molar-refractivity contribution in [3.05, 3.63) is 35.9 Å². The molecule has 2 unspecified atom stereocenters. The first-order chi connectivity index (χ1) is 6.75. The van der Waals surface area contributed by atoms with E-state index < -0.39 is 6.10 Å². The lowest BCUT2D eigenvalue weighted by Crippen LogP contribution is -2.26. The lowest BCUT2D eigenvalue weighted by atomic mass is 10.0. The van der Waals surface area contributed by atoms with Gasteiger partial charge in [0.1, 0.15) is 0 Å². The van der Waals surface area contributed by atoms with E-state index in [-0.39, 0.29) is 6.04 Å². The van der Waals surface area contributed by atoms with E-state index in [0.29, 0.717) is 0 Å². The van der Waals surface area contributed by atoms with Crippen LogP contribution in [0.3, 0.4) is 0 Å². The zero-order chi connectivity index (χ0) is 10.4. The fraction of sp³-hybridized carbons (Fsp3) is 0.455. The Hall–Kier alpha value is -0.510. The normalized spacial score (nSPS) is 15.1. The van der Waals surface area contributed by atoms with Crippen molar-refractivity contribution >= 4 is 11.8 Å². The van der Waals surface area contributed by atoms with Gasteiger partial charge in [0.25, 0.3) is 0 Å². The topological polar surface area (TPSA) is 46.2 Å². The monoisotopic (exact) mass is 211 g/mol. The number of nitrogens with two attached hydrogens (primary N) is 1. The van der Waals surface area contributed by atoms with Gasteiger partial charge in [-0.15, -0.1) is 0 Å². The van der Waals surface area contributed by atoms with Gasteiger partial charge >= 0.3 is 0 Å². The van der Waals surface area contributed by atoms with Crippen LogP contribution in [0.4, 0.5) is 0 Å².